The Kier molecular flexibility index (Phi) is 4.55. The van der Waals surface area contributed by atoms with E-state index in [1.807, 2.05) is 12.1 Å². The van der Waals surface area contributed by atoms with Gasteiger partial charge < -0.3 is 0 Å². The Morgan fingerprint density at radius 1 is 1.05 bits per heavy atom. The summed E-state index contributed by atoms with van der Waals surface area (Å²) in [6.45, 7) is 6.48. The lowest BCUT2D eigenvalue weighted by atomic mass is 9.86. The molecule has 1 unspecified atom stereocenters. The molecule has 3 heteroatoms. The topological polar surface area (TPSA) is 0 Å². The zero-order valence-electron chi connectivity index (χ0n) is 11.8. The van der Waals surface area contributed by atoms with E-state index >= 15 is 0 Å². The molecule has 0 radical (unpaired) electrons. The molecule has 0 spiro atoms. The minimum atomic E-state index is -0.475. The summed E-state index contributed by atoms with van der Waals surface area (Å²) in [6, 6.07) is 13.0. The second-order valence-corrected chi connectivity index (χ2v) is 7.25. The molecule has 0 aliphatic heterocycles. The predicted octanol–water partition coefficient (Wildman–Crippen LogP) is 6.21. The average Bonchev–Trinajstić information content (AvgIpc) is 2.37. The molecule has 0 aromatic heterocycles. The summed E-state index contributed by atoms with van der Waals surface area (Å²) in [5.41, 5.74) is 2.74. The van der Waals surface area contributed by atoms with Gasteiger partial charge in [-0.25, -0.2) is 4.39 Å². The maximum absolute atomic E-state index is 13.9. The molecule has 106 valence electrons. The lowest BCUT2D eigenvalue weighted by molar-refractivity contribution is 0.589. The number of halogens is 3. The molecular weight excluding hydrogens is 339 g/mol. The molecule has 0 aliphatic rings. The SMILES string of the molecule is CC(C)(C)c1ccc(C(Cl)c2ccc(Br)cc2F)cc1. The molecule has 2 aromatic rings. The van der Waals surface area contributed by atoms with Crippen LogP contribution in [-0.4, -0.2) is 0 Å². The van der Waals surface area contributed by atoms with E-state index in [0.717, 1.165) is 5.56 Å². The summed E-state index contributed by atoms with van der Waals surface area (Å²) < 4.78 is 14.7. The molecule has 1 atom stereocenters. The zero-order valence-corrected chi connectivity index (χ0v) is 14.1. The van der Waals surface area contributed by atoms with Crippen molar-refractivity contribution in [1.29, 1.82) is 0 Å². The first-order valence-electron chi connectivity index (χ1n) is 6.48. The number of alkyl halides is 1. The van der Waals surface area contributed by atoms with Crippen molar-refractivity contribution in [3.8, 4) is 0 Å². The summed E-state index contributed by atoms with van der Waals surface area (Å²) >= 11 is 9.65. The number of benzene rings is 2. The van der Waals surface area contributed by atoms with Gasteiger partial charge in [0.2, 0.25) is 0 Å². The van der Waals surface area contributed by atoms with Crippen molar-refractivity contribution in [1.82, 2.24) is 0 Å². The predicted molar refractivity (Wildman–Crippen MR) is 86.9 cm³/mol. The van der Waals surface area contributed by atoms with Crippen molar-refractivity contribution in [2.75, 3.05) is 0 Å². The van der Waals surface area contributed by atoms with Crippen LogP contribution in [0.3, 0.4) is 0 Å². The Bertz CT molecular complexity index is 599. The van der Waals surface area contributed by atoms with Crippen LogP contribution in [0.15, 0.2) is 46.9 Å². The molecule has 0 saturated carbocycles. The molecule has 2 rings (SSSR count). The van der Waals surface area contributed by atoms with Gasteiger partial charge in [-0.05, 0) is 28.7 Å². The summed E-state index contributed by atoms with van der Waals surface area (Å²) in [7, 11) is 0. The van der Waals surface area contributed by atoms with Crippen molar-refractivity contribution >= 4 is 27.5 Å². The first-order valence-corrected chi connectivity index (χ1v) is 7.71. The van der Waals surface area contributed by atoms with Gasteiger partial charge in [0.05, 0.1) is 5.38 Å². The van der Waals surface area contributed by atoms with E-state index in [1.165, 1.54) is 11.6 Å². The highest BCUT2D eigenvalue weighted by atomic mass is 79.9. The Morgan fingerprint density at radius 2 is 1.65 bits per heavy atom. The summed E-state index contributed by atoms with van der Waals surface area (Å²) in [5, 5.41) is -0.475. The number of hydrogen-bond acceptors (Lipinski definition) is 0. The van der Waals surface area contributed by atoms with E-state index in [0.29, 0.717) is 10.0 Å². The molecule has 0 aliphatic carbocycles. The molecule has 2 aromatic carbocycles. The number of hydrogen-bond donors (Lipinski definition) is 0. The first-order chi connectivity index (χ1) is 9.29. The molecule has 0 N–H and O–H groups in total. The largest absolute Gasteiger partial charge is 0.207 e. The number of rotatable bonds is 2. The monoisotopic (exact) mass is 354 g/mol. The van der Waals surface area contributed by atoms with Crippen molar-refractivity contribution in [2.45, 2.75) is 31.6 Å². The van der Waals surface area contributed by atoms with Gasteiger partial charge in [0, 0.05) is 10.0 Å². The minimum absolute atomic E-state index is 0.100. The molecular formula is C17H17BrClF. The maximum atomic E-state index is 13.9. The van der Waals surface area contributed by atoms with Gasteiger partial charge in [0.15, 0.2) is 0 Å². The fourth-order valence-corrected chi connectivity index (χ4v) is 2.69. The van der Waals surface area contributed by atoms with Crippen LogP contribution < -0.4 is 0 Å². The second-order valence-electron chi connectivity index (χ2n) is 5.90. The first kappa shape index (κ1) is 15.5. The molecule has 0 nitrogen and oxygen atoms in total. The molecule has 0 fully saturated rings. The molecule has 0 heterocycles. The van der Waals surface area contributed by atoms with Gasteiger partial charge in [-0.15, -0.1) is 11.6 Å². The van der Waals surface area contributed by atoms with Crippen LogP contribution in [0.25, 0.3) is 0 Å². The summed E-state index contributed by atoms with van der Waals surface area (Å²) in [6.07, 6.45) is 0. The van der Waals surface area contributed by atoms with Gasteiger partial charge in [-0.2, -0.15) is 0 Å². The van der Waals surface area contributed by atoms with E-state index in [9.17, 15) is 4.39 Å². The Morgan fingerprint density at radius 3 is 2.15 bits per heavy atom. The lowest BCUT2D eigenvalue weighted by Gasteiger charge is -2.20. The zero-order chi connectivity index (χ0) is 14.9. The fourth-order valence-electron chi connectivity index (χ4n) is 2.04. The van der Waals surface area contributed by atoms with Crippen molar-refractivity contribution in [3.63, 3.8) is 0 Å². The highest BCUT2D eigenvalue weighted by Gasteiger charge is 2.17. The highest BCUT2D eigenvalue weighted by Crippen LogP contribution is 2.33. The Labute approximate surface area is 133 Å². The van der Waals surface area contributed by atoms with Gasteiger partial charge in [0.25, 0.3) is 0 Å². The Hall–Kier alpha value is -0.860. The normalized spacial score (nSPS) is 13.3. The van der Waals surface area contributed by atoms with Crippen LogP contribution in [0.5, 0.6) is 0 Å². The van der Waals surface area contributed by atoms with Crippen LogP contribution in [-0.2, 0) is 5.41 Å². The fraction of sp³-hybridized carbons (Fsp3) is 0.294. The Balaban J connectivity index is 2.31. The minimum Gasteiger partial charge on any atom is -0.207 e. The third kappa shape index (κ3) is 3.42. The quantitative estimate of drug-likeness (QED) is 0.561. The third-order valence-corrected chi connectivity index (χ3v) is 4.29. The van der Waals surface area contributed by atoms with Crippen molar-refractivity contribution in [2.24, 2.45) is 0 Å². The average molecular weight is 356 g/mol. The van der Waals surface area contributed by atoms with Crippen molar-refractivity contribution in [3.05, 3.63) is 69.4 Å². The van der Waals surface area contributed by atoms with Crippen LogP contribution in [0.2, 0.25) is 0 Å². The third-order valence-electron chi connectivity index (χ3n) is 3.30. The van der Waals surface area contributed by atoms with Gasteiger partial charge in [-0.1, -0.05) is 67.0 Å². The lowest BCUT2D eigenvalue weighted by Crippen LogP contribution is -2.10. The molecule has 0 saturated heterocycles. The molecule has 0 bridgehead atoms. The van der Waals surface area contributed by atoms with E-state index in [1.54, 1.807) is 12.1 Å². The standard InChI is InChI=1S/C17H17BrClF/c1-17(2,3)12-6-4-11(5-7-12)16(19)14-9-8-13(18)10-15(14)20/h4-10,16H,1-3H3. The van der Waals surface area contributed by atoms with Crippen LogP contribution in [0.4, 0.5) is 4.39 Å². The van der Waals surface area contributed by atoms with E-state index in [2.05, 4.69) is 48.8 Å². The highest BCUT2D eigenvalue weighted by molar-refractivity contribution is 9.10. The van der Waals surface area contributed by atoms with Gasteiger partial charge in [0.1, 0.15) is 5.82 Å². The van der Waals surface area contributed by atoms with E-state index in [4.69, 9.17) is 11.6 Å². The molecule has 20 heavy (non-hydrogen) atoms. The van der Waals surface area contributed by atoms with Crippen LogP contribution in [0.1, 0.15) is 42.8 Å². The van der Waals surface area contributed by atoms with Crippen LogP contribution >= 0.6 is 27.5 Å². The van der Waals surface area contributed by atoms with Crippen LogP contribution in [0, 0.1) is 5.82 Å². The van der Waals surface area contributed by atoms with Gasteiger partial charge >= 0.3 is 0 Å². The summed E-state index contributed by atoms with van der Waals surface area (Å²) in [4.78, 5) is 0. The summed E-state index contributed by atoms with van der Waals surface area (Å²) in [5.74, 6) is -0.292. The molecule has 0 amide bonds. The van der Waals surface area contributed by atoms with E-state index in [-0.39, 0.29) is 11.2 Å². The maximum Gasteiger partial charge on any atom is 0.129 e. The van der Waals surface area contributed by atoms with Crippen molar-refractivity contribution < 1.29 is 4.39 Å². The smallest absolute Gasteiger partial charge is 0.129 e. The van der Waals surface area contributed by atoms with Gasteiger partial charge in [-0.3, -0.25) is 0 Å². The van der Waals surface area contributed by atoms with E-state index < -0.39 is 5.38 Å². The second kappa shape index (κ2) is 5.87.